The Morgan fingerprint density at radius 1 is 0.897 bits per heavy atom. The molecule has 4 rings (SSSR count). The number of amides is 1. The Labute approximate surface area is 169 Å². The number of carbonyl (C=O) groups is 3. The van der Waals surface area contributed by atoms with Crippen molar-refractivity contribution in [3.05, 3.63) is 104 Å². The predicted molar refractivity (Wildman–Crippen MR) is 106 cm³/mol. The van der Waals surface area contributed by atoms with Crippen LogP contribution in [0.3, 0.4) is 0 Å². The second-order valence-electron chi connectivity index (χ2n) is 6.31. The van der Waals surface area contributed by atoms with Crippen molar-refractivity contribution in [3.8, 4) is 0 Å². The van der Waals surface area contributed by atoms with Gasteiger partial charge in [0.05, 0.1) is 26.8 Å². The number of non-ortho nitro benzene ring substituents is 1. The highest BCUT2D eigenvalue weighted by Gasteiger charge is 2.32. The number of rotatable bonds is 3. The number of benzene rings is 3. The zero-order valence-corrected chi connectivity index (χ0v) is 15.4. The van der Waals surface area contributed by atoms with E-state index < -0.39 is 16.6 Å². The quantitative estimate of drug-likeness (QED) is 0.403. The van der Waals surface area contributed by atoms with Crippen LogP contribution in [0.15, 0.2) is 60.7 Å². The highest BCUT2D eigenvalue weighted by molar-refractivity contribution is 6.35. The number of halogens is 1. The van der Waals surface area contributed by atoms with Gasteiger partial charge in [-0.05, 0) is 12.1 Å². The summed E-state index contributed by atoms with van der Waals surface area (Å²) in [6.07, 6.45) is 0. The third kappa shape index (κ3) is 3.07. The Hall–Kier alpha value is -3.84. The molecule has 0 unspecified atom stereocenters. The molecule has 1 aliphatic rings. The number of anilines is 1. The van der Waals surface area contributed by atoms with Gasteiger partial charge in [-0.15, -0.1) is 0 Å². The van der Waals surface area contributed by atoms with Crippen LogP contribution in [0.2, 0.25) is 5.02 Å². The van der Waals surface area contributed by atoms with E-state index in [1.165, 1.54) is 24.3 Å². The molecule has 1 amide bonds. The first kappa shape index (κ1) is 18.5. The lowest BCUT2D eigenvalue weighted by Gasteiger charge is -2.20. The third-order valence-corrected chi connectivity index (χ3v) is 4.94. The molecule has 0 radical (unpaired) electrons. The van der Waals surface area contributed by atoms with Crippen LogP contribution in [0.4, 0.5) is 11.4 Å². The van der Waals surface area contributed by atoms with Gasteiger partial charge in [-0.1, -0.05) is 48.0 Å². The van der Waals surface area contributed by atoms with Gasteiger partial charge in [-0.25, -0.2) is 0 Å². The topological polar surface area (TPSA) is 106 Å². The van der Waals surface area contributed by atoms with E-state index in [1.807, 2.05) is 0 Å². The summed E-state index contributed by atoms with van der Waals surface area (Å²) in [5.41, 5.74) is 0.518. The van der Waals surface area contributed by atoms with E-state index in [1.54, 1.807) is 30.3 Å². The van der Waals surface area contributed by atoms with E-state index in [0.717, 1.165) is 6.07 Å². The molecule has 8 heteroatoms. The SMILES string of the molecule is O=C(Nc1cccc2c1C(=O)c1ccccc1C2=O)c1cc([N+](=O)[O-])ccc1Cl. The number of nitrogens with one attached hydrogen (secondary N) is 1. The molecule has 0 saturated carbocycles. The molecule has 0 fully saturated rings. The molecular weight excluding hydrogens is 396 g/mol. The summed E-state index contributed by atoms with van der Waals surface area (Å²) in [5.74, 6) is -1.44. The first-order chi connectivity index (χ1) is 13.9. The summed E-state index contributed by atoms with van der Waals surface area (Å²) in [4.78, 5) is 48.8. The average molecular weight is 407 g/mol. The maximum Gasteiger partial charge on any atom is 0.270 e. The van der Waals surface area contributed by atoms with Crippen LogP contribution < -0.4 is 5.32 Å². The second kappa shape index (κ2) is 6.96. The molecule has 7 nitrogen and oxygen atoms in total. The van der Waals surface area contributed by atoms with Crippen LogP contribution in [0.1, 0.15) is 42.2 Å². The highest BCUT2D eigenvalue weighted by Crippen LogP contribution is 2.32. The number of carbonyl (C=O) groups excluding carboxylic acids is 3. The van der Waals surface area contributed by atoms with E-state index in [0.29, 0.717) is 5.56 Å². The Morgan fingerprint density at radius 3 is 2.24 bits per heavy atom. The van der Waals surface area contributed by atoms with Gasteiger partial charge in [0.25, 0.3) is 11.6 Å². The minimum atomic E-state index is -0.730. The van der Waals surface area contributed by atoms with Gasteiger partial charge in [-0.2, -0.15) is 0 Å². The molecule has 0 bridgehead atoms. The number of ketones is 2. The van der Waals surface area contributed by atoms with Crippen LogP contribution in [0.5, 0.6) is 0 Å². The number of hydrogen-bond donors (Lipinski definition) is 1. The van der Waals surface area contributed by atoms with E-state index in [4.69, 9.17) is 11.6 Å². The molecule has 0 saturated heterocycles. The lowest BCUT2D eigenvalue weighted by molar-refractivity contribution is -0.384. The van der Waals surface area contributed by atoms with Gasteiger partial charge in [-0.3, -0.25) is 24.5 Å². The number of hydrogen-bond acceptors (Lipinski definition) is 5. The molecule has 0 heterocycles. The van der Waals surface area contributed by atoms with Crippen molar-refractivity contribution in [1.29, 1.82) is 0 Å². The minimum Gasteiger partial charge on any atom is -0.321 e. The lowest BCUT2D eigenvalue weighted by Crippen LogP contribution is -2.24. The van der Waals surface area contributed by atoms with Crippen molar-refractivity contribution < 1.29 is 19.3 Å². The largest absolute Gasteiger partial charge is 0.321 e. The summed E-state index contributed by atoms with van der Waals surface area (Å²) < 4.78 is 0. The Balaban J connectivity index is 1.77. The molecular formula is C21H11ClN2O5. The van der Waals surface area contributed by atoms with Crippen molar-refractivity contribution in [2.24, 2.45) is 0 Å². The van der Waals surface area contributed by atoms with Gasteiger partial charge < -0.3 is 5.32 Å². The highest BCUT2D eigenvalue weighted by atomic mass is 35.5. The van der Waals surface area contributed by atoms with E-state index in [9.17, 15) is 24.5 Å². The van der Waals surface area contributed by atoms with Crippen molar-refractivity contribution in [2.75, 3.05) is 5.32 Å². The molecule has 29 heavy (non-hydrogen) atoms. The fourth-order valence-electron chi connectivity index (χ4n) is 3.24. The molecule has 0 spiro atoms. The number of nitro groups is 1. The maximum atomic E-state index is 13.0. The third-order valence-electron chi connectivity index (χ3n) is 4.61. The van der Waals surface area contributed by atoms with E-state index >= 15 is 0 Å². The molecule has 1 N–H and O–H groups in total. The van der Waals surface area contributed by atoms with E-state index in [-0.39, 0.29) is 44.4 Å². The number of fused-ring (bicyclic) bond motifs is 2. The van der Waals surface area contributed by atoms with Gasteiger partial charge in [0.1, 0.15) is 0 Å². The van der Waals surface area contributed by atoms with Gasteiger partial charge >= 0.3 is 0 Å². The Bertz CT molecular complexity index is 1240. The zero-order valence-electron chi connectivity index (χ0n) is 14.6. The monoisotopic (exact) mass is 406 g/mol. The lowest BCUT2D eigenvalue weighted by atomic mass is 9.83. The second-order valence-corrected chi connectivity index (χ2v) is 6.71. The average Bonchev–Trinajstić information content (AvgIpc) is 2.72. The van der Waals surface area contributed by atoms with Crippen LogP contribution in [0.25, 0.3) is 0 Å². The van der Waals surface area contributed by atoms with Crippen molar-refractivity contribution in [1.82, 2.24) is 0 Å². The minimum absolute atomic E-state index is 0.0191. The van der Waals surface area contributed by atoms with Crippen molar-refractivity contribution in [3.63, 3.8) is 0 Å². The maximum absolute atomic E-state index is 13.0. The summed E-state index contributed by atoms with van der Waals surface area (Å²) in [6.45, 7) is 0. The molecule has 3 aromatic carbocycles. The van der Waals surface area contributed by atoms with Crippen LogP contribution in [-0.4, -0.2) is 22.4 Å². The molecule has 1 aliphatic carbocycles. The first-order valence-electron chi connectivity index (χ1n) is 8.45. The van der Waals surface area contributed by atoms with E-state index in [2.05, 4.69) is 5.32 Å². The van der Waals surface area contributed by atoms with Gasteiger partial charge in [0.15, 0.2) is 11.6 Å². The first-order valence-corrected chi connectivity index (χ1v) is 8.83. The van der Waals surface area contributed by atoms with Crippen LogP contribution in [-0.2, 0) is 0 Å². The molecule has 0 atom stereocenters. The van der Waals surface area contributed by atoms with Gasteiger partial charge in [0, 0.05) is 28.8 Å². The standard InChI is InChI=1S/C21H11ClN2O5/c22-16-9-8-11(24(28)29)10-15(16)21(27)23-17-7-3-6-14-18(17)20(26)13-5-2-1-4-12(13)19(14)25/h1-10H,(H,23,27). The number of nitro benzene ring substituents is 1. The fraction of sp³-hybridized carbons (Fsp3) is 0. The zero-order chi connectivity index (χ0) is 20.7. The number of nitrogens with zero attached hydrogens (tertiary/aromatic N) is 1. The fourth-order valence-corrected chi connectivity index (χ4v) is 3.44. The molecule has 0 aliphatic heterocycles. The summed E-state index contributed by atoms with van der Waals surface area (Å²) in [6, 6.07) is 14.5. The molecule has 3 aromatic rings. The normalized spacial score (nSPS) is 12.2. The summed E-state index contributed by atoms with van der Waals surface area (Å²) in [7, 11) is 0. The van der Waals surface area contributed by atoms with Crippen LogP contribution in [0, 0.1) is 10.1 Å². The molecule has 0 aromatic heterocycles. The molecule has 142 valence electrons. The summed E-state index contributed by atoms with van der Waals surface area (Å²) in [5, 5.41) is 13.6. The van der Waals surface area contributed by atoms with Crippen molar-refractivity contribution in [2.45, 2.75) is 0 Å². The summed E-state index contributed by atoms with van der Waals surface area (Å²) >= 11 is 6.02. The van der Waals surface area contributed by atoms with Gasteiger partial charge in [0.2, 0.25) is 0 Å². The van der Waals surface area contributed by atoms with Crippen molar-refractivity contribution >= 4 is 40.4 Å². The Kier molecular flexibility index (Phi) is 4.44. The Morgan fingerprint density at radius 2 is 1.55 bits per heavy atom. The smallest absolute Gasteiger partial charge is 0.270 e. The predicted octanol–water partition coefficient (Wildman–Crippen LogP) is 4.28. The van der Waals surface area contributed by atoms with Crippen LogP contribution >= 0.6 is 11.6 Å².